The van der Waals surface area contributed by atoms with Crippen LogP contribution in [-0.4, -0.2) is 17.7 Å². The highest BCUT2D eigenvalue weighted by Gasteiger charge is 2.15. The van der Waals surface area contributed by atoms with E-state index in [-0.39, 0.29) is 6.17 Å². The number of hydrazine groups is 1. The fraction of sp³-hybridized carbons (Fsp3) is 1.00. The van der Waals surface area contributed by atoms with Crippen LogP contribution >= 0.6 is 0 Å². The topological polar surface area (TPSA) is 55.3 Å². The van der Waals surface area contributed by atoms with Crippen molar-refractivity contribution in [1.82, 2.24) is 5.01 Å². The summed E-state index contributed by atoms with van der Waals surface area (Å²) in [5.74, 6) is 5.39. The summed E-state index contributed by atoms with van der Waals surface area (Å²) in [6, 6.07) is 0. The summed E-state index contributed by atoms with van der Waals surface area (Å²) in [6.07, 6.45) is 2.33. The van der Waals surface area contributed by atoms with Gasteiger partial charge < -0.3 is 5.73 Å². The number of hydrogen-bond acceptors (Lipinski definition) is 3. The van der Waals surface area contributed by atoms with Crippen LogP contribution in [0.15, 0.2) is 0 Å². The first-order valence-corrected chi connectivity index (χ1v) is 2.57. The third-order valence-corrected chi connectivity index (χ3v) is 1.34. The SMILES string of the molecule is N[C@H]1CCCN1N. The van der Waals surface area contributed by atoms with Gasteiger partial charge in [0.1, 0.15) is 0 Å². The molecule has 1 aliphatic heterocycles. The minimum absolute atomic E-state index is 0.125. The molecule has 3 nitrogen and oxygen atoms in total. The Morgan fingerprint density at radius 3 is 2.43 bits per heavy atom. The third-order valence-electron chi connectivity index (χ3n) is 1.34. The van der Waals surface area contributed by atoms with E-state index in [1.807, 2.05) is 0 Å². The predicted molar refractivity (Wildman–Crippen MR) is 28.1 cm³/mol. The quantitative estimate of drug-likeness (QED) is 0.394. The lowest BCUT2D eigenvalue weighted by Gasteiger charge is -2.11. The lowest BCUT2D eigenvalue weighted by Crippen LogP contribution is -2.41. The molecule has 1 fully saturated rings. The summed E-state index contributed by atoms with van der Waals surface area (Å²) < 4.78 is 0. The van der Waals surface area contributed by atoms with E-state index in [2.05, 4.69) is 0 Å². The molecule has 0 radical (unpaired) electrons. The summed E-state index contributed by atoms with van der Waals surface area (Å²) in [6.45, 7) is 0.959. The number of rotatable bonds is 0. The molecule has 0 aliphatic carbocycles. The van der Waals surface area contributed by atoms with E-state index in [1.54, 1.807) is 5.01 Å². The Morgan fingerprint density at radius 2 is 2.29 bits per heavy atom. The van der Waals surface area contributed by atoms with E-state index >= 15 is 0 Å². The van der Waals surface area contributed by atoms with E-state index < -0.39 is 0 Å². The Hall–Kier alpha value is -0.120. The van der Waals surface area contributed by atoms with Gasteiger partial charge in [-0.2, -0.15) is 0 Å². The van der Waals surface area contributed by atoms with Gasteiger partial charge in [0.15, 0.2) is 0 Å². The Bertz CT molecular complexity index is 56.0. The molecule has 0 aromatic heterocycles. The molecule has 42 valence electrons. The molecule has 1 atom stereocenters. The van der Waals surface area contributed by atoms with Gasteiger partial charge >= 0.3 is 0 Å². The smallest absolute Gasteiger partial charge is 0.0705 e. The molecule has 0 saturated carbocycles. The average Bonchev–Trinajstić information content (AvgIpc) is 1.91. The molecule has 0 bridgehead atoms. The van der Waals surface area contributed by atoms with Gasteiger partial charge in [0.2, 0.25) is 0 Å². The largest absolute Gasteiger partial charge is 0.315 e. The zero-order chi connectivity index (χ0) is 5.28. The molecule has 0 spiro atoms. The summed E-state index contributed by atoms with van der Waals surface area (Å²) in [5.41, 5.74) is 5.48. The van der Waals surface area contributed by atoms with Crippen LogP contribution < -0.4 is 11.6 Å². The third kappa shape index (κ3) is 0.907. The first-order valence-electron chi connectivity index (χ1n) is 2.57. The second-order valence-corrected chi connectivity index (χ2v) is 1.95. The summed E-state index contributed by atoms with van der Waals surface area (Å²) in [7, 11) is 0. The van der Waals surface area contributed by atoms with Crippen LogP contribution in [0.1, 0.15) is 12.8 Å². The molecular weight excluding hydrogens is 90.1 g/mol. The number of hydrogen-bond donors (Lipinski definition) is 2. The Labute approximate surface area is 43.2 Å². The van der Waals surface area contributed by atoms with Crippen LogP contribution in [0.3, 0.4) is 0 Å². The molecule has 1 heterocycles. The van der Waals surface area contributed by atoms with Gasteiger partial charge in [-0.15, -0.1) is 0 Å². The first kappa shape index (κ1) is 5.03. The van der Waals surface area contributed by atoms with Gasteiger partial charge in [-0.1, -0.05) is 0 Å². The molecule has 1 rings (SSSR count). The maximum absolute atomic E-state index is 5.48. The lowest BCUT2D eigenvalue weighted by atomic mass is 10.3. The Balaban J connectivity index is 2.33. The number of nitrogens with zero attached hydrogens (tertiary/aromatic N) is 1. The maximum Gasteiger partial charge on any atom is 0.0705 e. The van der Waals surface area contributed by atoms with Gasteiger partial charge in [0.05, 0.1) is 6.17 Å². The number of nitrogens with two attached hydrogens (primary N) is 2. The van der Waals surface area contributed by atoms with Crippen LogP contribution in [0.25, 0.3) is 0 Å². The molecule has 3 heteroatoms. The highest BCUT2D eigenvalue weighted by molar-refractivity contribution is 4.67. The van der Waals surface area contributed by atoms with Crippen molar-refractivity contribution in [2.45, 2.75) is 19.0 Å². The van der Waals surface area contributed by atoms with Crippen molar-refractivity contribution in [2.24, 2.45) is 11.6 Å². The zero-order valence-corrected chi connectivity index (χ0v) is 4.30. The van der Waals surface area contributed by atoms with E-state index in [1.165, 1.54) is 0 Å². The fourth-order valence-corrected chi connectivity index (χ4v) is 0.815. The van der Waals surface area contributed by atoms with Gasteiger partial charge in [-0.3, -0.25) is 5.84 Å². The van der Waals surface area contributed by atoms with Crippen molar-refractivity contribution in [3.63, 3.8) is 0 Å². The standard InChI is InChI=1S/C4H11N3/c5-4-2-1-3-7(4)6/h4H,1-3,5-6H2/t4-/m1/s1. The second-order valence-electron chi connectivity index (χ2n) is 1.95. The van der Waals surface area contributed by atoms with Crippen molar-refractivity contribution in [1.29, 1.82) is 0 Å². The summed E-state index contributed by atoms with van der Waals surface area (Å²) in [4.78, 5) is 0. The average molecular weight is 101 g/mol. The van der Waals surface area contributed by atoms with Crippen molar-refractivity contribution >= 4 is 0 Å². The Kier molecular flexibility index (Phi) is 1.27. The van der Waals surface area contributed by atoms with Crippen molar-refractivity contribution in [2.75, 3.05) is 6.54 Å². The molecular formula is C4H11N3. The van der Waals surface area contributed by atoms with E-state index in [0.29, 0.717) is 0 Å². The first-order chi connectivity index (χ1) is 3.30. The van der Waals surface area contributed by atoms with Crippen LogP contribution in [0.5, 0.6) is 0 Å². The van der Waals surface area contributed by atoms with E-state index in [0.717, 1.165) is 19.4 Å². The van der Waals surface area contributed by atoms with Gasteiger partial charge in [-0.05, 0) is 12.8 Å². The molecule has 1 aliphatic rings. The fourth-order valence-electron chi connectivity index (χ4n) is 0.815. The van der Waals surface area contributed by atoms with E-state index in [9.17, 15) is 0 Å². The predicted octanol–water partition coefficient (Wildman–Crippen LogP) is -0.759. The van der Waals surface area contributed by atoms with E-state index in [4.69, 9.17) is 11.6 Å². The van der Waals surface area contributed by atoms with Crippen LogP contribution in [-0.2, 0) is 0 Å². The molecule has 1 saturated heterocycles. The van der Waals surface area contributed by atoms with Crippen molar-refractivity contribution in [3.05, 3.63) is 0 Å². The highest BCUT2D eigenvalue weighted by Crippen LogP contribution is 2.06. The monoisotopic (exact) mass is 101 g/mol. The second kappa shape index (κ2) is 1.78. The zero-order valence-electron chi connectivity index (χ0n) is 4.30. The maximum atomic E-state index is 5.48. The van der Waals surface area contributed by atoms with Crippen molar-refractivity contribution in [3.8, 4) is 0 Å². The lowest BCUT2D eigenvalue weighted by molar-refractivity contribution is 0.268. The molecule has 0 aromatic carbocycles. The minimum atomic E-state index is 0.125. The minimum Gasteiger partial charge on any atom is -0.315 e. The van der Waals surface area contributed by atoms with Gasteiger partial charge in [-0.25, -0.2) is 5.01 Å². The van der Waals surface area contributed by atoms with Gasteiger partial charge in [0, 0.05) is 6.54 Å². The van der Waals surface area contributed by atoms with Crippen LogP contribution in [0.4, 0.5) is 0 Å². The molecule has 0 aromatic rings. The summed E-state index contributed by atoms with van der Waals surface area (Å²) >= 11 is 0. The van der Waals surface area contributed by atoms with Gasteiger partial charge in [0.25, 0.3) is 0 Å². The van der Waals surface area contributed by atoms with Crippen molar-refractivity contribution < 1.29 is 0 Å². The molecule has 0 unspecified atom stereocenters. The summed E-state index contributed by atoms with van der Waals surface area (Å²) in [5, 5.41) is 1.68. The molecule has 7 heavy (non-hydrogen) atoms. The molecule has 4 N–H and O–H groups in total. The van der Waals surface area contributed by atoms with Crippen LogP contribution in [0.2, 0.25) is 0 Å². The Morgan fingerprint density at radius 1 is 1.57 bits per heavy atom. The van der Waals surface area contributed by atoms with Crippen LogP contribution in [0, 0.1) is 0 Å². The molecule has 0 amide bonds. The normalized spacial score (nSPS) is 34.3. The highest BCUT2D eigenvalue weighted by atomic mass is 15.5.